The van der Waals surface area contributed by atoms with Crippen LogP contribution in [0.4, 0.5) is 5.82 Å². The number of rotatable bonds is 1. The van der Waals surface area contributed by atoms with E-state index in [2.05, 4.69) is 10.3 Å². The lowest BCUT2D eigenvalue weighted by Gasteiger charge is -2.02. The third-order valence-electron chi connectivity index (χ3n) is 1.76. The first-order chi connectivity index (χ1) is 5.77. The molecule has 0 aliphatic carbocycles. The van der Waals surface area contributed by atoms with Crippen molar-refractivity contribution in [3.05, 3.63) is 6.20 Å². The number of ether oxygens (including phenoxy) is 1. The number of esters is 1. The van der Waals surface area contributed by atoms with Crippen LogP contribution in [-0.4, -0.2) is 27.6 Å². The van der Waals surface area contributed by atoms with Crippen LogP contribution >= 0.6 is 0 Å². The zero-order valence-electron chi connectivity index (χ0n) is 6.30. The Morgan fingerprint density at radius 1 is 1.75 bits per heavy atom. The van der Waals surface area contributed by atoms with Gasteiger partial charge in [0.15, 0.2) is 11.9 Å². The van der Waals surface area contributed by atoms with Gasteiger partial charge in [0.25, 0.3) is 0 Å². The number of hydrogen-bond acceptors (Lipinski definition) is 5. The summed E-state index contributed by atoms with van der Waals surface area (Å²) in [5.41, 5.74) is 5.35. The van der Waals surface area contributed by atoms with Crippen LogP contribution in [0.3, 0.4) is 0 Å². The number of carbonyl (C=O) groups excluding carboxylic acids is 1. The molecule has 1 aliphatic heterocycles. The van der Waals surface area contributed by atoms with Crippen molar-refractivity contribution in [2.75, 3.05) is 12.3 Å². The SMILES string of the molecule is Nc1cn(C2CCOC2=O)nn1. The molecule has 0 bridgehead atoms. The lowest BCUT2D eigenvalue weighted by molar-refractivity contribution is -0.140. The Labute approximate surface area is 68.3 Å². The monoisotopic (exact) mass is 168 g/mol. The molecule has 2 heterocycles. The maximum atomic E-state index is 11.0. The van der Waals surface area contributed by atoms with Crippen LogP contribution in [0.5, 0.6) is 0 Å². The lowest BCUT2D eigenvalue weighted by Crippen LogP contribution is -2.14. The van der Waals surface area contributed by atoms with E-state index in [4.69, 9.17) is 10.5 Å². The van der Waals surface area contributed by atoms with E-state index in [-0.39, 0.29) is 12.0 Å². The average Bonchev–Trinajstić information content (AvgIpc) is 2.58. The zero-order valence-corrected chi connectivity index (χ0v) is 6.30. The molecule has 12 heavy (non-hydrogen) atoms. The molecule has 1 aromatic rings. The molecule has 0 radical (unpaired) electrons. The van der Waals surface area contributed by atoms with Crippen LogP contribution < -0.4 is 5.73 Å². The molecule has 1 unspecified atom stereocenters. The molecule has 2 N–H and O–H groups in total. The minimum absolute atomic E-state index is 0.264. The molecular formula is C6H8N4O2. The van der Waals surface area contributed by atoms with Gasteiger partial charge in [0.1, 0.15) is 0 Å². The number of carbonyl (C=O) groups is 1. The summed E-state index contributed by atoms with van der Waals surface area (Å²) in [5.74, 6) is 0.0506. The molecule has 6 nitrogen and oxygen atoms in total. The number of nitrogen functional groups attached to an aromatic ring is 1. The van der Waals surface area contributed by atoms with Crippen molar-refractivity contribution in [2.45, 2.75) is 12.5 Å². The van der Waals surface area contributed by atoms with E-state index in [1.807, 2.05) is 0 Å². The smallest absolute Gasteiger partial charge is 0.331 e. The van der Waals surface area contributed by atoms with Crippen LogP contribution in [-0.2, 0) is 9.53 Å². The van der Waals surface area contributed by atoms with Crippen molar-refractivity contribution in [3.63, 3.8) is 0 Å². The summed E-state index contributed by atoms with van der Waals surface area (Å²) in [5, 5.41) is 7.27. The summed E-state index contributed by atoms with van der Waals surface area (Å²) in [6, 6.07) is -0.338. The Hall–Kier alpha value is -1.59. The Kier molecular flexibility index (Phi) is 1.46. The van der Waals surface area contributed by atoms with E-state index in [1.54, 1.807) is 0 Å². The molecule has 0 spiro atoms. The van der Waals surface area contributed by atoms with Gasteiger partial charge in [-0.25, -0.2) is 9.48 Å². The van der Waals surface area contributed by atoms with Gasteiger partial charge in [-0.1, -0.05) is 5.21 Å². The average molecular weight is 168 g/mol. The fourth-order valence-corrected chi connectivity index (χ4v) is 1.17. The number of nitrogens with two attached hydrogens (primary N) is 1. The molecule has 1 aromatic heterocycles. The molecule has 2 rings (SSSR count). The quantitative estimate of drug-likeness (QED) is 0.563. The van der Waals surface area contributed by atoms with E-state index in [1.165, 1.54) is 10.9 Å². The minimum atomic E-state index is -0.338. The van der Waals surface area contributed by atoms with Crippen LogP contribution in [0.2, 0.25) is 0 Å². The molecule has 1 atom stereocenters. The standard InChI is InChI=1S/C6H8N4O2/c7-5-3-10(9-8-5)4-1-2-12-6(4)11/h3-4H,1-2,7H2. The van der Waals surface area contributed by atoms with Crippen molar-refractivity contribution in [1.29, 1.82) is 0 Å². The van der Waals surface area contributed by atoms with E-state index in [0.29, 0.717) is 18.8 Å². The predicted octanol–water partition coefficient (Wildman–Crippen LogP) is -0.652. The van der Waals surface area contributed by atoms with Crippen molar-refractivity contribution in [2.24, 2.45) is 0 Å². The van der Waals surface area contributed by atoms with Crippen LogP contribution in [0.1, 0.15) is 12.5 Å². The highest BCUT2D eigenvalue weighted by atomic mass is 16.5. The van der Waals surface area contributed by atoms with Gasteiger partial charge in [-0.05, 0) is 0 Å². The number of cyclic esters (lactones) is 1. The van der Waals surface area contributed by atoms with E-state index < -0.39 is 0 Å². The molecule has 1 fully saturated rings. The molecule has 64 valence electrons. The van der Waals surface area contributed by atoms with Gasteiger partial charge in [-0.15, -0.1) is 5.10 Å². The highest BCUT2D eigenvalue weighted by Gasteiger charge is 2.28. The molecule has 0 saturated carbocycles. The van der Waals surface area contributed by atoms with Crippen molar-refractivity contribution in [1.82, 2.24) is 15.0 Å². The summed E-state index contributed by atoms with van der Waals surface area (Å²) in [7, 11) is 0. The van der Waals surface area contributed by atoms with Gasteiger partial charge < -0.3 is 10.5 Å². The maximum Gasteiger partial charge on any atom is 0.331 e. The topological polar surface area (TPSA) is 83.0 Å². The maximum absolute atomic E-state index is 11.0. The van der Waals surface area contributed by atoms with Gasteiger partial charge in [0.05, 0.1) is 12.8 Å². The second-order valence-electron chi connectivity index (χ2n) is 2.60. The number of nitrogens with zero attached hydrogens (tertiary/aromatic N) is 3. The van der Waals surface area contributed by atoms with E-state index in [9.17, 15) is 4.79 Å². The Morgan fingerprint density at radius 2 is 2.58 bits per heavy atom. The summed E-state index contributed by atoms with van der Waals surface area (Å²) in [6.45, 7) is 0.448. The Morgan fingerprint density at radius 3 is 3.08 bits per heavy atom. The molecule has 1 saturated heterocycles. The van der Waals surface area contributed by atoms with Gasteiger partial charge in [-0.3, -0.25) is 0 Å². The first-order valence-corrected chi connectivity index (χ1v) is 3.61. The summed E-state index contributed by atoms with van der Waals surface area (Å²) < 4.78 is 6.20. The summed E-state index contributed by atoms with van der Waals surface area (Å²) >= 11 is 0. The molecule has 6 heteroatoms. The van der Waals surface area contributed by atoms with Crippen molar-refractivity contribution < 1.29 is 9.53 Å². The molecular weight excluding hydrogens is 160 g/mol. The summed E-state index contributed by atoms with van der Waals surface area (Å²) in [4.78, 5) is 11.0. The predicted molar refractivity (Wildman–Crippen MR) is 39.0 cm³/mol. The Balaban J connectivity index is 2.24. The van der Waals surface area contributed by atoms with Crippen LogP contribution in [0.15, 0.2) is 6.20 Å². The fraction of sp³-hybridized carbons (Fsp3) is 0.500. The number of aromatic nitrogens is 3. The second-order valence-corrected chi connectivity index (χ2v) is 2.60. The molecule has 0 aromatic carbocycles. The second kappa shape index (κ2) is 2.47. The van der Waals surface area contributed by atoms with Gasteiger partial charge >= 0.3 is 5.97 Å². The van der Waals surface area contributed by atoms with Gasteiger partial charge in [-0.2, -0.15) is 0 Å². The largest absolute Gasteiger partial charge is 0.464 e. The number of hydrogen-bond donors (Lipinski definition) is 1. The Bertz CT molecular complexity index is 308. The van der Waals surface area contributed by atoms with Crippen molar-refractivity contribution in [3.8, 4) is 0 Å². The highest BCUT2D eigenvalue weighted by Crippen LogP contribution is 2.19. The lowest BCUT2D eigenvalue weighted by atomic mass is 10.2. The number of anilines is 1. The van der Waals surface area contributed by atoms with E-state index >= 15 is 0 Å². The molecule has 1 aliphatic rings. The summed E-state index contributed by atoms with van der Waals surface area (Å²) in [6.07, 6.45) is 2.17. The highest BCUT2D eigenvalue weighted by molar-refractivity contribution is 5.75. The van der Waals surface area contributed by atoms with Crippen LogP contribution in [0, 0.1) is 0 Å². The van der Waals surface area contributed by atoms with Gasteiger partial charge in [0.2, 0.25) is 0 Å². The minimum Gasteiger partial charge on any atom is -0.464 e. The van der Waals surface area contributed by atoms with Gasteiger partial charge in [0, 0.05) is 6.42 Å². The molecule has 0 amide bonds. The third-order valence-corrected chi connectivity index (χ3v) is 1.76. The van der Waals surface area contributed by atoms with E-state index in [0.717, 1.165) is 0 Å². The zero-order chi connectivity index (χ0) is 8.55. The van der Waals surface area contributed by atoms with Crippen molar-refractivity contribution >= 4 is 11.8 Å². The fourth-order valence-electron chi connectivity index (χ4n) is 1.17. The third kappa shape index (κ3) is 1.01. The normalized spacial score (nSPS) is 22.7. The van der Waals surface area contributed by atoms with Crippen LogP contribution in [0.25, 0.3) is 0 Å². The first kappa shape index (κ1) is 7.08. The first-order valence-electron chi connectivity index (χ1n) is 3.61.